The minimum atomic E-state index is -0.539. The first kappa shape index (κ1) is 25.5. The van der Waals surface area contributed by atoms with Gasteiger partial charge in [-0.2, -0.15) is 0 Å². The summed E-state index contributed by atoms with van der Waals surface area (Å²) < 4.78 is 4.68. The summed E-state index contributed by atoms with van der Waals surface area (Å²) in [5, 5.41) is 7.24. The summed E-state index contributed by atoms with van der Waals surface area (Å²) in [6.07, 6.45) is 0. The Labute approximate surface area is 206 Å². The number of esters is 1. The molecule has 6 heteroatoms. The smallest absolute Gasteiger partial charge is 0.322 e. The van der Waals surface area contributed by atoms with E-state index < -0.39 is 12.0 Å². The molecule has 0 aliphatic rings. The molecule has 3 rings (SSSR count). The number of methoxy groups -OCH3 is 1. The van der Waals surface area contributed by atoms with Gasteiger partial charge in [-0.1, -0.05) is 54.1 Å². The van der Waals surface area contributed by atoms with Gasteiger partial charge >= 0.3 is 5.97 Å². The van der Waals surface area contributed by atoms with Crippen molar-refractivity contribution in [2.45, 2.75) is 39.8 Å². The normalized spacial score (nSPS) is 12.6. The van der Waals surface area contributed by atoms with Crippen LogP contribution < -0.4 is 10.6 Å². The van der Waals surface area contributed by atoms with Gasteiger partial charge in [-0.3, -0.25) is 14.9 Å². The monoisotopic (exact) mass is 478 g/mol. The first-order chi connectivity index (χ1) is 16.2. The van der Waals surface area contributed by atoms with E-state index in [0.29, 0.717) is 5.56 Å². The number of hydrogen-bond donors (Lipinski definition) is 2. The van der Waals surface area contributed by atoms with Gasteiger partial charge in [0.25, 0.3) is 0 Å². The molecule has 0 fully saturated rings. The molecule has 0 radical (unpaired) electrons. The number of rotatable bonds is 9. The van der Waals surface area contributed by atoms with Gasteiger partial charge in [0.15, 0.2) is 5.78 Å². The van der Waals surface area contributed by atoms with Crippen molar-refractivity contribution in [1.82, 2.24) is 5.32 Å². The molecule has 34 heavy (non-hydrogen) atoms. The highest BCUT2D eigenvalue weighted by molar-refractivity contribution is 6.31. The highest BCUT2D eigenvalue weighted by Crippen LogP contribution is 2.28. The Kier molecular flexibility index (Phi) is 8.48. The van der Waals surface area contributed by atoms with Gasteiger partial charge in [-0.15, -0.1) is 0 Å². The first-order valence-electron chi connectivity index (χ1n) is 11.3. The van der Waals surface area contributed by atoms with Crippen molar-refractivity contribution in [2.75, 3.05) is 19.0 Å². The van der Waals surface area contributed by atoms with Crippen molar-refractivity contribution >= 4 is 29.0 Å². The Balaban J connectivity index is 1.72. The lowest BCUT2D eigenvalue weighted by Gasteiger charge is -2.17. The van der Waals surface area contributed by atoms with Crippen LogP contribution in [-0.2, 0) is 9.53 Å². The van der Waals surface area contributed by atoms with Crippen LogP contribution in [0.4, 0.5) is 5.69 Å². The van der Waals surface area contributed by atoms with Gasteiger partial charge in [-0.25, -0.2) is 0 Å². The van der Waals surface area contributed by atoms with Crippen LogP contribution in [0.3, 0.4) is 0 Å². The molecule has 0 amide bonds. The number of anilines is 1. The van der Waals surface area contributed by atoms with Crippen LogP contribution in [-0.4, -0.2) is 31.4 Å². The Morgan fingerprint density at radius 3 is 2.35 bits per heavy atom. The third-order valence-corrected chi connectivity index (χ3v) is 6.34. The number of aryl methyl sites for hydroxylation is 2. The lowest BCUT2D eigenvalue weighted by Crippen LogP contribution is -2.38. The molecular weight excluding hydrogens is 448 g/mol. The van der Waals surface area contributed by atoms with Gasteiger partial charge in [0, 0.05) is 22.3 Å². The van der Waals surface area contributed by atoms with E-state index >= 15 is 0 Å². The molecule has 0 aromatic heterocycles. The molecule has 0 bridgehead atoms. The summed E-state index contributed by atoms with van der Waals surface area (Å²) in [6, 6.07) is 19.7. The van der Waals surface area contributed by atoms with E-state index in [1.54, 1.807) is 6.92 Å². The predicted molar refractivity (Wildman–Crippen MR) is 139 cm³/mol. The van der Waals surface area contributed by atoms with E-state index in [1.165, 1.54) is 12.7 Å². The molecule has 0 aliphatic carbocycles. The van der Waals surface area contributed by atoms with Crippen LogP contribution in [0.15, 0.2) is 60.7 Å². The van der Waals surface area contributed by atoms with Gasteiger partial charge in [0.2, 0.25) is 0 Å². The first-order valence-corrected chi connectivity index (χ1v) is 11.7. The molecule has 0 spiro atoms. The van der Waals surface area contributed by atoms with Gasteiger partial charge in [0.1, 0.15) is 6.04 Å². The van der Waals surface area contributed by atoms with Crippen LogP contribution in [0.2, 0.25) is 5.02 Å². The summed E-state index contributed by atoms with van der Waals surface area (Å²) in [4.78, 5) is 24.2. The average Bonchev–Trinajstić information content (AvgIpc) is 2.83. The third kappa shape index (κ3) is 6.25. The van der Waals surface area contributed by atoms with Crippen LogP contribution in [0.1, 0.15) is 46.9 Å². The molecule has 1 unspecified atom stereocenters. The number of benzene rings is 3. The van der Waals surface area contributed by atoms with Crippen molar-refractivity contribution < 1.29 is 14.3 Å². The van der Waals surface area contributed by atoms with E-state index in [9.17, 15) is 9.59 Å². The molecule has 0 saturated carbocycles. The minimum absolute atomic E-state index is 0.0673. The SMILES string of the molecule is COC(=O)[C@H](C)NCC(=O)c1ccc(-c2cccc(NC(C)c3ccc(Cl)c(C)c3)c2)cc1C. The van der Waals surface area contributed by atoms with E-state index in [4.69, 9.17) is 11.6 Å². The molecule has 0 saturated heterocycles. The fourth-order valence-corrected chi connectivity index (χ4v) is 3.93. The van der Waals surface area contributed by atoms with Crippen molar-refractivity contribution in [3.63, 3.8) is 0 Å². The van der Waals surface area contributed by atoms with Crippen LogP contribution in [0, 0.1) is 13.8 Å². The van der Waals surface area contributed by atoms with Gasteiger partial charge in [0.05, 0.1) is 13.7 Å². The van der Waals surface area contributed by atoms with E-state index in [0.717, 1.165) is 33.0 Å². The van der Waals surface area contributed by atoms with E-state index in [2.05, 4.69) is 40.5 Å². The van der Waals surface area contributed by atoms with Crippen molar-refractivity contribution in [2.24, 2.45) is 0 Å². The zero-order chi connectivity index (χ0) is 24.8. The Bertz CT molecular complexity index is 1190. The molecule has 178 valence electrons. The number of nitrogens with one attached hydrogen (secondary N) is 2. The minimum Gasteiger partial charge on any atom is -0.468 e. The van der Waals surface area contributed by atoms with E-state index in [1.807, 2.05) is 56.3 Å². The summed E-state index contributed by atoms with van der Waals surface area (Å²) in [5.74, 6) is -0.462. The van der Waals surface area contributed by atoms with E-state index in [-0.39, 0.29) is 18.4 Å². The second-order valence-electron chi connectivity index (χ2n) is 8.53. The molecule has 2 N–H and O–H groups in total. The predicted octanol–water partition coefficient (Wildman–Crippen LogP) is 6.13. The molecule has 3 aromatic rings. The van der Waals surface area contributed by atoms with Crippen LogP contribution in [0.5, 0.6) is 0 Å². The highest BCUT2D eigenvalue weighted by atomic mass is 35.5. The number of halogens is 1. The van der Waals surface area contributed by atoms with Crippen LogP contribution >= 0.6 is 11.6 Å². The second-order valence-corrected chi connectivity index (χ2v) is 8.94. The number of ketones is 1. The Hall–Kier alpha value is -3.15. The summed E-state index contributed by atoms with van der Waals surface area (Å²) >= 11 is 6.16. The van der Waals surface area contributed by atoms with Crippen molar-refractivity contribution in [1.29, 1.82) is 0 Å². The molecule has 2 atom stereocenters. The average molecular weight is 479 g/mol. The van der Waals surface area contributed by atoms with Crippen molar-refractivity contribution in [3.05, 3.63) is 87.9 Å². The number of carbonyl (C=O) groups is 2. The molecular formula is C28H31ClN2O3. The standard InChI is InChI=1S/C28H31ClN2O3/c1-17-13-23(9-11-25(17)27(32)16-30-20(4)28(33)34-5)22-7-6-8-24(15-22)31-19(3)21-10-12-26(29)18(2)14-21/h6-15,19-20,30-31H,16H2,1-5H3/t19?,20-/m0/s1. The lowest BCUT2D eigenvalue weighted by atomic mass is 9.97. The van der Waals surface area contributed by atoms with Gasteiger partial charge in [-0.05, 0) is 73.7 Å². The quantitative estimate of drug-likeness (QED) is 0.286. The zero-order valence-corrected chi connectivity index (χ0v) is 21.0. The fraction of sp³-hybridized carbons (Fsp3) is 0.286. The summed E-state index contributed by atoms with van der Waals surface area (Å²) in [6.45, 7) is 7.79. The molecule has 0 aliphatic heterocycles. The molecule has 5 nitrogen and oxygen atoms in total. The van der Waals surface area contributed by atoms with Gasteiger partial charge < -0.3 is 10.1 Å². The third-order valence-electron chi connectivity index (χ3n) is 5.91. The maximum Gasteiger partial charge on any atom is 0.322 e. The number of ether oxygens (including phenoxy) is 1. The van der Waals surface area contributed by atoms with Crippen molar-refractivity contribution in [3.8, 4) is 11.1 Å². The Morgan fingerprint density at radius 2 is 1.68 bits per heavy atom. The lowest BCUT2D eigenvalue weighted by molar-refractivity contribution is -0.142. The molecule has 0 heterocycles. The summed E-state index contributed by atoms with van der Waals surface area (Å²) in [7, 11) is 1.33. The largest absolute Gasteiger partial charge is 0.468 e. The zero-order valence-electron chi connectivity index (χ0n) is 20.2. The maximum atomic E-state index is 12.7. The van der Waals surface area contributed by atoms with Crippen LogP contribution in [0.25, 0.3) is 11.1 Å². The fourth-order valence-electron chi connectivity index (χ4n) is 3.82. The summed E-state index contributed by atoms with van der Waals surface area (Å²) in [5.41, 5.74) is 6.85. The number of hydrogen-bond acceptors (Lipinski definition) is 5. The maximum absolute atomic E-state index is 12.7. The number of carbonyl (C=O) groups excluding carboxylic acids is 2. The topological polar surface area (TPSA) is 67.4 Å². The number of Topliss-reactive ketones (excluding diaryl/α,β-unsaturated/α-hetero) is 1. The Morgan fingerprint density at radius 1 is 0.941 bits per heavy atom. The second kappa shape index (κ2) is 11.3. The molecule has 3 aromatic carbocycles. The highest BCUT2D eigenvalue weighted by Gasteiger charge is 2.16.